The van der Waals surface area contributed by atoms with Crippen molar-refractivity contribution >= 4 is 5.82 Å². The minimum absolute atomic E-state index is 0.215. The summed E-state index contributed by atoms with van der Waals surface area (Å²) in [6.07, 6.45) is 3.15. The lowest BCUT2D eigenvalue weighted by Gasteiger charge is -2.07. The van der Waals surface area contributed by atoms with E-state index in [1.54, 1.807) is 41.2 Å². The number of aromatic nitrogens is 5. The molecule has 7 nitrogen and oxygen atoms in total. The standard InChI is InChI=1S/C23H17FN6O/c24-18-9-5-4-8-16(18)14-30-21(19-10-11-31-29-19)12-20(28-30)23-26-13-17(22(25)27-23)15-6-2-1-3-7-15/h1-13H,14H2,(H2,25,26,27). The Hall–Kier alpha value is -4.33. The Morgan fingerprint density at radius 1 is 0.968 bits per heavy atom. The maximum atomic E-state index is 14.2. The van der Waals surface area contributed by atoms with Gasteiger partial charge in [-0.1, -0.05) is 53.7 Å². The molecule has 0 saturated carbocycles. The highest BCUT2D eigenvalue weighted by Gasteiger charge is 2.18. The fraction of sp³-hybridized carbons (Fsp3) is 0.0435. The molecule has 5 aromatic rings. The first kappa shape index (κ1) is 18.7. The Morgan fingerprint density at radius 3 is 2.52 bits per heavy atom. The predicted molar refractivity (Wildman–Crippen MR) is 114 cm³/mol. The van der Waals surface area contributed by atoms with Crippen molar-refractivity contribution in [3.8, 4) is 34.0 Å². The van der Waals surface area contributed by atoms with Crippen LogP contribution in [0.3, 0.4) is 0 Å². The molecule has 0 bridgehead atoms. The average molecular weight is 412 g/mol. The molecule has 0 radical (unpaired) electrons. The van der Waals surface area contributed by atoms with Gasteiger partial charge in [-0.05, 0) is 17.7 Å². The molecule has 0 fully saturated rings. The quantitative estimate of drug-likeness (QED) is 0.459. The van der Waals surface area contributed by atoms with Crippen molar-refractivity contribution in [2.45, 2.75) is 6.54 Å². The van der Waals surface area contributed by atoms with Crippen LogP contribution in [0, 0.1) is 5.82 Å². The van der Waals surface area contributed by atoms with Gasteiger partial charge in [-0.25, -0.2) is 14.4 Å². The van der Waals surface area contributed by atoms with Crippen molar-refractivity contribution in [1.29, 1.82) is 0 Å². The third kappa shape index (κ3) is 3.66. The molecular formula is C23H17FN6O. The lowest BCUT2D eigenvalue weighted by Crippen LogP contribution is -2.06. The predicted octanol–water partition coefficient (Wildman–Crippen LogP) is 4.43. The minimum Gasteiger partial charge on any atom is -0.383 e. The summed E-state index contributed by atoms with van der Waals surface area (Å²) in [5.41, 5.74) is 10.1. The van der Waals surface area contributed by atoms with E-state index in [1.165, 1.54) is 12.3 Å². The molecule has 31 heavy (non-hydrogen) atoms. The number of hydrogen-bond donors (Lipinski definition) is 1. The van der Waals surface area contributed by atoms with E-state index in [0.717, 1.165) is 11.1 Å². The Morgan fingerprint density at radius 2 is 1.77 bits per heavy atom. The van der Waals surface area contributed by atoms with Crippen LogP contribution in [0.25, 0.3) is 34.0 Å². The first-order valence-corrected chi connectivity index (χ1v) is 9.59. The minimum atomic E-state index is -0.307. The molecule has 0 amide bonds. The van der Waals surface area contributed by atoms with E-state index in [4.69, 9.17) is 10.3 Å². The van der Waals surface area contributed by atoms with Gasteiger partial charge in [0.2, 0.25) is 0 Å². The molecule has 0 aliphatic carbocycles. The third-order valence-electron chi connectivity index (χ3n) is 4.89. The zero-order chi connectivity index (χ0) is 21.2. The molecule has 0 saturated heterocycles. The monoisotopic (exact) mass is 412 g/mol. The van der Waals surface area contributed by atoms with Gasteiger partial charge in [-0.3, -0.25) is 4.68 Å². The molecule has 152 valence electrons. The lowest BCUT2D eigenvalue weighted by atomic mass is 10.1. The molecule has 0 unspecified atom stereocenters. The van der Waals surface area contributed by atoms with Crippen molar-refractivity contribution in [3.63, 3.8) is 0 Å². The molecular weight excluding hydrogens is 395 g/mol. The summed E-state index contributed by atoms with van der Waals surface area (Å²) >= 11 is 0. The smallest absolute Gasteiger partial charge is 0.182 e. The van der Waals surface area contributed by atoms with Crippen LogP contribution in [0.5, 0.6) is 0 Å². The first-order valence-electron chi connectivity index (χ1n) is 9.59. The van der Waals surface area contributed by atoms with Gasteiger partial charge in [0, 0.05) is 23.4 Å². The Kier molecular flexibility index (Phi) is 4.72. The summed E-state index contributed by atoms with van der Waals surface area (Å²) < 4.78 is 20.9. The molecule has 2 N–H and O–H groups in total. The number of rotatable bonds is 5. The van der Waals surface area contributed by atoms with E-state index < -0.39 is 0 Å². The van der Waals surface area contributed by atoms with Crippen LogP contribution in [0.15, 0.2) is 83.7 Å². The number of nitrogen functional groups attached to an aromatic ring is 1. The summed E-state index contributed by atoms with van der Waals surface area (Å²) in [5.74, 6) is 0.412. The van der Waals surface area contributed by atoms with E-state index in [0.29, 0.717) is 34.3 Å². The maximum absolute atomic E-state index is 14.2. The lowest BCUT2D eigenvalue weighted by molar-refractivity contribution is 0.421. The van der Waals surface area contributed by atoms with Gasteiger partial charge < -0.3 is 10.3 Å². The van der Waals surface area contributed by atoms with Crippen LogP contribution in [0.1, 0.15) is 5.56 Å². The maximum Gasteiger partial charge on any atom is 0.182 e. The molecule has 5 rings (SSSR count). The highest BCUT2D eigenvalue weighted by atomic mass is 19.1. The number of hydrogen-bond acceptors (Lipinski definition) is 6. The summed E-state index contributed by atoms with van der Waals surface area (Å²) in [7, 11) is 0. The van der Waals surface area contributed by atoms with Gasteiger partial charge >= 0.3 is 0 Å². The van der Waals surface area contributed by atoms with Crippen LogP contribution < -0.4 is 5.73 Å². The van der Waals surface area contributed by atoms with Crippen molar-refractivity contribution < 1.29 is 8.91 Å². The fourth-order valence-electron chi connectivity index (χ4n) is 3.34. The van der Waals surface area contributed by atoms with Crippen molar-refractivity contribution in [2.24, 2.45) is 0 Å². The van der Waals surface area contributed by atoms with Gasteiger partial charge in [-0.15, -0.1) is 0 Å². The van der Waals surface area contributed by atoms with Crippen molar-refractivity contribution in [2.75, 3.05) is 5.73 Å². The Bertz CT molecular complexity index is 1330. The molecule has 0 atom stereocenters. The van der Waals surface area contributed by atoms with Crippen LogP contribution in [-0.2, 0) is 6.54 Å². The second-order valence-electron chi connectivity index (χ2n) is 6.91. The van der Waals surface area contributed by atoms with E-state index in [9.17, 15) is 4.39 Å². The SMILES string of the molecule is Nc1nc(-c2cc(-c3ccon3)n(Cc3ccccc3F)n2)ncc1-c1ccccc1. The first-order chi connectivity index (χ1) is 15.2. The largest absolute Gasteiger partial charge is 0.383 e. The Labute approximate surface area is 177 Å². The van der Waals surface area contributed by atoms with Crippen LogP contribution in [-0.4, -0.2) is 24.9 Å². The summed E-state index contributed by atoms with van der Waals surface area (Å²) in [5, 5.41) is 8.60. The highest BCUT2D eigenvalue weighted by molar-refractivity contribution is 5.74. The van der Waals surface area contributed by atoms with Gasteiger partial charge in [0.05, 0.1) is 12.2 Å². The summed E-state index contributed by atoms with van der Waals surface area (Å²) in [4.78, 5) is 8.91. The molecule has 0 spiro atoms. The van der Waals surface area contributed by atoms with E-state index in [1.807, 2.05) is 30.3 Å². The van der Waals surface area contributed by atoms with Gasteiger partial charge in [0.25, 0.3) is 0 Å². The van der Waals surface area contributed by atoms with E-state index >= 15 is 0 Å². The topological polar surface area (TPSA) is 95.7 Å². The van der Waals surface area contributed by atoms with Crippen LogP contribution in [0.4, 0.5) is 10.2 Å². The van der Waals surface area contributed by atoms with E-state index in [-0.39, 0.29) is 12.4 Å². The second-order valence-corrected chi connectivity index (χ2v) is 6.91. The number of nitrogens with two attached hydrogens (primary N) is 1. The normalized spacial score (nSPS) is 11.0. The number of halogens is 1. The number of nitrogens with zero attached hydrogens (tertiary/aromatic N) is 5. The van der Waals surface area contributed by atoms with Crippen molar-refractivity contribution in [1.82, 2.24) is 24.9 Å². The average Bonchev–Trinajstić information content (AvgIpc) is 3.46. The summed E-state index contributed by atoms with van der Waals surface area (Å²) in [6.45, 7) is 0.215. The molecule has 0 aliphatic heterocycles. The van der Waals surface area contributed by atoms with Crippen molar-refractivity contribution in [3.05, 3.63) is 90.6 Å². The van der Waals surface area contributed by atoms with Crippen LogP contribution in [0.2, 0.25) is 0 Å². The zero-order valence-corrected chi connectivity index (χ0v) is 16.3. The summed E-state index contributed by atoms with van der Waals surface area (Å²) in [6, 6.07) is 19.7. The second kappa shape index (κ2) is 7.83. The molecule has 2 aromatic carbocycles. The van der Waals surface area contributed by atoms with Gasteiger partial charge in [0.1, 0.15) is 29.3 Å². The number of benzene rings is 2. The third-order valence-corrected chi connectivity index (χ3v) is 4.89. The molecule has 3 aromatic heterocycles. The Balaban J connectivity index is 1.56. The molecule has 8 heteroatoms. The van der Waals surface area contributed by atoms with E-state index in [2.05, 4.69) is 20.2 Å². The molecule has 3 heterocycles. The fourth-order valence-corrected chi connectivity index (χ4v) is 3.34. The number of anilines is 1. The molecule has 0 aliphatic rings. The zero-order valence-electron chi connectivity index (χ0n) is 16.3. The van der Waals surface area contributed by atoms with Crippen LogP contribution >= 0.6 is 0 Å². The van der Waals surface area contributed by atoms with Gasteiger partial charge in [-0.2, -0.15) is 5.10 Å². The highest BCUT2D eigenvalue weighted by Crippen LogP contribution is 2.28. The van der Waals surface area contributed by atoms with Gasteiger partial charge in [0.15, 0.2) is 5.82 Å².